The topological polar surface area (TPSA) is 75.8 Å². The predicted octanol–water partition coefficient (Wildman–Crippen LogP) is 2.54. The van der Waals surface area contributed by atoms with E-state index in [0.29, 0.717) is 17.7 Å². The summed E-state index contributed by atoms with van der Waals surface area (Å²) in [5.74, 6) is 0.197. The molecular formula is C15H22N2O3. The van der Waals surface area contributed by atoms with Gasteiger partial charge in [-0.3, -0.25) is 4.90 Å². The molecule has 20 heavy (non-hydrogen) atoms. The number of hydrogen-bond donors (Lipinski definition) is 2. The van der Waals surface area contributed by atoms with E-state index in [-0.39, 0.29) is 24.4 Å². The van der Waals surface area contributed by atoms with E-state index in [9.17, 15) is 9.90 Å². The minimum absolute atomic E-state index is 0.0428. The molecule has 0 radical (unpaired) electrons. The van der Waals surface area contributed by atoms with Gasteiger partial charge in [-0.2, -0.15) is 0 Å². The molecule has 1 atom stereocenters. The number of fused-ring (bicyclic) bond motifs is 1. The van der Waals surface area contributed by atoms with Crippen molar-refractivity contribution < 1.29 is 14.6 Å². The summed E-state index contributed by atoms with van der Waals surface area (Å²) in [6.45, 7) is 7.72. The van der Waals surface area contributed by atoms with Gasteiger partial charge in [0.2, 0.25) is 0 Å². The second kappa shape index (κ2) is 4.98. The first-order valence-corrected chi connectivity index (χ1v) is 6.80. The van der Waals surface area contributed by atoms with Gasteiger partial charge in [0.15, 0.2) is 0 Å². The van der Waals surface area contributed by atoms with Crippen LogP contribution < -0.4 is 10.6 Å². The smallest absolute Gasteiger partial charge is 0.415 e. The molecule has 3 N–H and O–H groups in total. The van der Waals surface area contributed by atoms with Crippen LogP contribution in [0.4, 0.5) is 10.5 Å². The normalized spacial score (nSPS) is 18.1. The summed E-state index contributed by atoms with van der Waals surface area (Å²) in [6.07, 6.45) is 0.220. The van der Waals surface area contributed by atoms with Gasteiger partial charge in [0.25, 0.3) is 0 Å². The number of rotatable bonds is 1. The average molecular weight is 278 g/mol. The maximum absolute atomic E-state index is 12.3. The van der Waals surface area contributed by atoms with E-state index in [1.54, 1.807) is 11.0 Å². The van der Waals surface area contributed by atoms with Gasteiger partial charge in [0.05, 0.1) is 5.69 Å². The van der Waals surface area contributed by atoms with Crippen molar-refractivity contribution in [3.8, 4) is 5.75 Å². The Balaban J connectivity index is 2.36. The van der Waals surface area contributed by atoms with Gasteiger partial charge < -0.3 is 15.6 Å². The molecule has 5 nitrogen and oxygen atoms in total. The van der Waals surface area contributed by atoms with Crippen molar-refractivity contribution in [3.05, 3.63) is 23.3 Å². The molecular weight excluding hydrogens is 256 g/mol. The first kappa shape index (κ1) is 14.7. The highest BCUT2D eigenvalue weighted by atomic mass is 16.6. The third-order valence-electron chi connectivity index (χ3n) is 3.35. The molecule has 0 bridgehead atoms. The monoisotopic (exact) mass is 278 g/mol. The molecule has 1 aromatic carbocycles. The first-order chi connectivity index (χ1) is 9.24. The van der Waals surface area contributed by atoms with Crippen molar-refractivity contribution in [2.45, 2.75) is 52.3 Å². The molecule has 0 aromatic heterocycles. The average Bonchev–Trinajstić information content (AvgIpc) is 2.65. The van der Waals surface area contributed by atoms with Crippen LogP contribution >= 0.6 is 0 Å². The molecule has 0 aliphatic carbocycles. The van der Waals surface area contributed by atoms with Gasteiger partial charge in [0, 0.05) is 23.7 Å². The number of phenolic OH excluding ortho intramolecular Hbond substituents is 1. The number of nitrogens with two attached hydrogens (primary N) is 1. The van der Waals surface area contributed by atoms with Gasteiger partial charge >= 0.3 is 6.09 Å². The summed E-state index contributed by atoms with van der Waals surface area (Å²) < 4.78 is 5.43. The zero-order valence-electron chi connectivity index (χ0n) is 12.4. The maximum atomic E-state index is 12.3. The van der Waals surface area contributed by atoms with Crippen LogP contribution in [0.3, 0.4) is 0 Å². The molecule has 1 aromatic rings. The van der Waals surface area contributed by atoms with E-state index in [1.807, 2.05) is 33.8 Å². The van der Waals surface area contributed by atoms with Gasteiger partial charge in [0.1, 0.15) is 11.4 Å². The first-order valence-electron chi connectivity index (χ1n) is 6.80. The number of carbonyl (C=O) groups excluding carboxylic acids is 1. The number of amides is 1. The fourth-order valence-corrected chi connectivity index (χ4v) is 2.48. The Morgan fingerprint density at radius 1 is 1.50 bits per heavy atom. The zero-order valence-corrected chi connectivity index (χ0v) is 12.4. The fraction of sp³-hybridized carbons (Fsp3) is 0.533. The molecule has 1 heterocycles. The second-order valence-corrected chi connectivity index (χ2v) is 6.18. The number of hydrogen-bond acceptors (Lipinski definition) is 4. The molecule has 0 saturated carbocycles. The van der Waals surface area contributed by atoms with Gasteiger partial charge in [-0.05, 0) is 40.2 Å². The lowest BCUT2D eigenvalue weighted by Gasteiger charge is -2.27. The molecule has 2 rings (SSSR count). The number of benzene rings is 1. The highest BCUT2D eigenvalue weighted by molar-refractivity contribution is 5.92. The van der Waals surface area contributed by atoms with E-state index in [4.69, 9.17) is 10.5 Å². The van der Waals surface area contributed by atoms with Crippen LogP contribution in [0.25, 0.3) is 0 Å². The Morgan fingerprint density at radius 2 is 2.15 bits per heavy atom. The largest absolute Gasteiger partial charge is 0.507 e. The van der Waals surface area contributed by atoms with E-state index < -0.39 is 5.60 Å². The number of ether oxygens (including phenoxy) is 1. The zero-order chi connectivity index (χ0) is 15.1. The van der Waals surface area contributed by atoms with Crippen LogP contribution in [-0.2, 0) is 17.7 Å². The summed E-state index contributed by atoms with van der Waals surface area (Å²) in [4.78, 5) is 13.9. The Bertz CT molecular complexity index is 535. The Hall–Kier alpha value is -1.75. The second-order valence-electron chi connectivity index (χ2n) is 6.18. The summed E-state index contributed by atoms with van der Waals surface area (Å²) in [5.41, 5.74) is 7.22. The summed E-state index contributed by atoms with van der Waals surface area (Å²) in [6, 6.07) is 3.53. The summed E-state index contributed by atoms with van der Waals surface area (Å²) >= 11 is 0. The number of phenols is 1. The standard InChI is InChI=1S/C15H22N2O3/c1-9-7-11-12(6-5-10(8-16)13(11)18)17(9)14(19)20-15(2,3)4/h5-6,9,18H,7-8,16H2,1-4H3. The molecule has 1 aliphatic rings. The number of nitrogens with zero attached hydrogens (tertiary/aromatic N) is 1. The lowest BCUT2D eigenvalue weighted by Crippen LogP contribution is -2.40. The van der Waals surface area contributed by atoms with Gasteiger partial charge in [-0.15, -0.1) is 0 Å². The summed E-state index contributed by atoms with van der Waals surface area (Å²) in [7, 11) is 0. The molecule has 1 amide bonds. The molecule has 0 spiro atoms. The number of aromatic hydroxyl groups is 1. The van der Waals surface area contributed by atoms with Crippen LogP contribution in [-0.4, -0.2) is 22.8 Å². The SMILES string of the molecule is CC1Cc2c(ccc(CN)c2O)N1C(=O)OC(C)(C)C. The molecule has 1 aliphatic heterocycles. The maximum Gasteiger partial charge on any atom is 0.415 e. The van der Waals surface area contributed by atoms with Crippen molar-refractivity contribution in [2.24, 2.45) is 5.73 Å². The van der Waals surface area contributed by atoms with Gasteiger partial charge in [-0.1, -0.05) is 6.07 Å². The molecule has 1 unspecified atom stereocenters. The van der Waals surface area contributed by atoms with Crippen molar-refractivity contribution in [2.75, 3.05) is 4.90 Å². The van der Waals surface area contributed by atoms with Crippen LogP contribution in [0.2, 0.25) is 0 Å². The van der Waals surface area contributed by atoms with Crippen LogP contribution in [0.1, 0.15) is 38.8 Å². The van der Waals surface area contributed by atoms with E-state index in [1.165, 1.54) is 0 Å². The quantitative estimate of drug-likeness (QED) is 0.827. The van der Waals surface area contributed by atoms with Crippen molar-refractivity contribution in [1.29, 1.82) is 0 Å². The van der Waals surface area contributed by atoms with Crippen LogP contribution in [0.5, 0.6) is 5.75 Å². The van der Waals surface area contributed by atoms with E-state index in [0.717, 1.165) is 5.56 Å². The number of carbonyl (C=O) groups is 1. The third-order valence-corrected chi connectivity index (χ3v) is 3.35. The Labute approximate surface area is 119 Å². The lowest BCUT2D eigenvalue weighted by atomic mass is 10.1. The molecule has 5 heteroatoms. The van der Waals surface area contributed by atoms with Crippen LogP contribution in [0.15, 0.2) is 12.1 Å². The molecule has 110 valence electrons. The van der Waals surface area contributed by atoms with E-state index >= 15 is 0 Å². The highest BCUT2D eigenvalue weighted by Gasteiger charge is 2.35. The minimum Gasteiger partial charge on any atom is -0.507 e. The fourth-order valence-electron chi connectivity index (χ4n) is 2.48. The van der Waals surface area contributed by atoms with Crippen molar-refractivity contribution in [1.82, 2.24) is 0 Å². The Morgan fingerprint density at radius 3 is 2.70 bits per heavy atom. The predicted molar refractivity (Wildman–Crippen MR) is 77.9 cm³/mol. The minimum atomic E-state index is -0.543. The van der Waals surface area contributed by atoms with Crippen molar-refractivity contribution in [3.63, 3.8) is 0 Å². The summed E-state index contributed by atoms with van der Waals surface area (Å²) in [5, 5.41) is 10.2. The van der Waals surface area contributed by atoms with Crippen LogP contribution in [0, 0.1) is 0 Å². The van der Waals surface area contributed by atoms with Gasteiger partial charge in [-0.25, -0.2) is 4.79 Å². The molecule has 0 saturated heterocycles. The molecule has 0 fully saturated rings. The lowest BCUT2D eigenvalue weighted by molar-refractivity contribution is 0.0572. The Kier molecular flexibility index (Phi) is 3.65. The highest BCUT2D eigenvalue weighted by Crippen LogP contribution is 2.40. The van der Waals surface area contributed by atoms with Crippen molar-refractivity contribution >= 4 is 11.8 Å². The third kappa shape index (κ3) is 2.58. The number of anilines is 1. The van der Waals surface area contributed by atoms with E-state index in [2.05, 4.69) is 0 Å².